The number of hydrogen-bond donors (Lipinski definition) is 1. The Morgan fingerprint density at radius 1 is 1.36 bits per heavy atom. The van der Waals surface area contributed by atoms with E-state index in [9.17, 15) is 4.79 Å². The molecule has 3 aliphatic heterocycles. The van der Waals surface area contributed by atoms with Gasteiger partial charge in [0.1, 0.15) is 12.1 Å². The standard InChI is InChI=1S/C21H26N4O3/c1-12-5-7-27-18(12)20(26)22-8-15-16-9-25(10-21(16)6-4-17(15)28-21)19-13(2)14(3)23-11-24-19/h5,7,11,15-17H,4,6,8-10H2,1-3H3,(H,22,26)/t15-,16+,17+,21+/m0/s1. The second-order valence-corrected chi connectivity index (χ2v) is 8.46. The summed E-state index contributed by atoms with van der Waals surface area (Å²) >= 11 is 0. The van der Waals surface area contributed by atoms with Crippen molar-refractivity contribution in [1.29, 1.82) is 0 Å². The topological polar surface area (TPSA) is 80.5 Å². The summed E-state index contributed by atoms with van der Waals surface area (Å²) in [6.07, 6.45) is 5.58. The van der Waals surface area contributed by atoms with Crippen molar-refractivity contribution in [3.05, 3.63) is 41.2 Å². The van der Waals surface area contributed by atoms with Crippen molar-refractivity contribution < 1.29 is 13.9 Å². The molecule has 2 bridgehead atoms. The monoisotopic (exact) mass is 382 g/mol. The number of anilines is 1. The summed E-state index contributed by atoms with van der Waals surface area (Å²) in [6.45, 7) is 8.38. The molecule has 3 saturated heterocycles. The summed E-state index contributed by atoms with van der Waals surface area (Å²) in [5.41, 5.74) is 2.90. The van der Waals surface area contributed by atoms with Crippen LogP contribution >= 0.6 is 0 Å². The average Bonchev–Trinajstić information content (AvgIpc) is 3.42. The van der Waals surface area contributed by atoms with Crippen LogP contribution in [0.3, 0.4) is 0 Å². The third-order valence-electron chi connectivity index (χ3n) is 6.96. The van der Waals surface area contributed by atoms with Crippen molar-refractivity contribution in [2.45, 2.75) is 45.3 Å². The summed E-state index contributed by atoms with van der Waals surface area (Å²) < 4.78 is 11.8. The van der Waals surface area contributed by atoms with E-state index in [4.69, 9.17) is 9.15 Å². The van der Waals surface area contributed by atoms with E-state index in [0.29, 0.717) is 24.1 Å². The largest absolute Gasteiger partial charge is 0.459 e. The van der Waals surface area contributed by atoms with E-state index in [1.807, 2.05) is 19.9 Å². The van der Waals surface area contributed by atoms with Gasteiger partial charge in [0.25, 0.3) is 5.91 Å². The van der Waals surface area contributed by atoms with Crippen molar-refractivity contribution >= 4 is 11.7 Å². The number of nitrogens with one attached hydrogen (secondary N) is 1. The molecule has 3 aliphatic rings. The summed E-state index contributed by atoms with van der Waals surface area (Å²) in [5.74, 6) is 1.99. The Labute approximate surface area is 164 Å². The molecule has 0 saturated carbocycles. The second kappa shape index (κ2) is 6.30. The fourth-order valence-corrected chi connectivity index (χ4v) is 5.37. The SMILES string of the molecule is Cc1ccoc1C(=O)NC[C@H]1[C@H]2CN(c3ncnc(C)c3C)C[C@]23CC[C@H]1O3. The molecule has 4 atom stereocenters. The first-order chi connectivity index (χ1) is 13.5. The lowest BCUT2D eigenvalue weighted by Crippen LogP contribution is -2.41. The van der Waals surface area contributed by atoms with Gasteiger partial charge < -0.3 is 19.4 Å². The molecule has 7 nitrogen and oxygen atoms in total. The van der Waals surface area contributed by atoms with E-state index in [1.54, 1.807) is 12.6 Å². The predicted molar refractivity (Wildman–Crippen MR) is 103 cm³/mol. The average molecular weight is 382 g/mol. The summed E-state index contributed by atoms with van der Waals surface area (Å²) in [5, 5.41) is 3.08. The van der Waals surface area contributed by atoms with Crippen molar-refractivity contribution in [3.8, 4) is 0 Å². The molecular formula is C21H26N4O3. The number of aromatic nitrogens is 2. The van der Waals surface area contributed by atoms with Crippen LogP contribution in [0.25, 0.3) is 0 Å². The number of fused-ring (bicyclic) bond motifs is 1. The van der Waals surface area contributed by atoms with Crippen molar-refractivity contribution in [2.24, 2.45) is 11.8 Å². The first-order valence-electron chi connectivity index (χ1n) is 10.0. The molecule has 2 aromatic rings. The lowest BCUT2D eigenvalue weighted by atomic mass is 9.73. The number of carbonyl (C=O) groups excluding carboxylic acids is 1. The molecule has 5 rings (SSSR count). The smallest absolute Gasteiger partial charge is 0.287 e. The minimum absolute atomic E-state index is 0.105. The highest BCUT2D eigenvalue weighted by atomic mass is 16.5. The van der Waals surface area contributed by atoms with Crippen LogP contribution in [0.4, 0.5) is 5.82 Å². The number of rotatable bonds is 4. The zero-order valence-electron chi connectivity index (χ0n) is 16.6. The number of carbonyl (C=O) groups is 1. The summed E-state index contributed by atoms with van der Waals surface area (Å²) in [6, 6.07) is 1.81. The van der Waals surface area contributed by atoms with Crippen LogP contribution in [0, 0.1) is 32.6 Å². The van der Waals surface area contributed by atoms with Crippen LogP contribution in [0.2, 0.25) is 0 Å². The number of furan rings is 1. The van der Waals surface area contributed by atoms with Gasteiger partial charge >= 0.3 is 0 Å². The van der Waals surface area contributed by atoms with Gasteiger partial charge in [-0.2, -0.15) is 0 Å². The van der Waals surface area contributed by atoms with E-state index >= 15 is 0 Å². The van der Waals surface area contributed by atoms with Gasteiger partial charge in [0, 0.05) is 48.3 Å². The molecular weight excluding hydrogens is 356 g/mol. The lowest BCUT2D eigenvalue weighted by molar-refractivity contribution is 0.0141. The fourth-order valence-electron chi connectivity index (χ4n) is 5.37. The Morgan fingerprint density at radius 2 is 2.21 bits per heavy atom. The molecule has 1 N–H and O–H groups in total. The zero-order valence-corrected chi connectivity index (χ0v) is 16.6. The summed E-state index contributed by atoms with van der Waals surface area (Å²) in [4.78, 5) is 23.7. The molecule has 7 heteroatoms. The van der Waals surface area contributed by atoms with Gasteiger partial charge in [0.05, 0.1) is 18.0 Å². The predicted octanol–water partition coefficient (Wildman–Crippen LogP) is 2.41. The van der Waals surface area contributed by atoms with Gasteiger partial charge in [-0.25, -0.2) is 9.97 Å². The molecule has 0 aromatic carbocycles. The third-order valence-corrected chi connectivity index (χ3v) is 6.96. The quantitative estimate of drug-likeness (QED) is 0.875. The van der Waals surface area contributed by atoms with Crippen molar-refractivity contribution in [1.82, 2.24) is 15.3 Å². The molecule has 5 heterocycles. The van der Waals surface area contributed by atoms with Gasteiger partial charge in [0.2, 0.25) is 0 Å². The molecule has 0 radical (unpaired) electrons. The van der Waals surface area contributed by atoms with Crippen LogP contribution in [0.5, 0.6) is 0 Å². The number of hydrogen-bond acceptors (Lipinski definition) is 6. The molecule has 1 amide bonds. The highest BCUT2D eigenvalue weighted by Crippen LogP contribution is 2.55. The van der Waals surface area contributed by atoms with Crippen LogP contribution in [0.15, 0.2) is 23.1 Å². The Bertz CT molecular complexity index is 926. The maximum absolute atomic E-state index is 12.5. The van der Waals surface area contributed by atoms with E-state index in [-0.39, 0.29) is 17.6 Å². The molecule has 3 fully saturated rings. The number of nitrogens with zero attached hydrogens (tertiary/aromatic N) is 3. The molecule has 28 heavy (non-hydrogen) atoms. The number of aryl methyl sites for hydroxylation is 2. The van der Waals surface area contributed by atoms with Gasteiger partial charge in [0.15, 0.2) is 5.76 Å². The first-order valence-corrected chi connectivity index (χ1v) is 10.0. The lowest BCUT2D eigenvalue weighted by Gasteiger charge is -2.29. The summed E-state index contributed by atoms with van der Waals surface area (Å²) in [7, 11) is 0. The van der Waals surface area contributed by atoms with Gasteiger partial charge in [-0.05, 0) is 39.7 Å². The van der Waals surface area contributed by atoms with E-state index in [2.05, 4.69) is 27.1 Å². The normalized spacial score (nSPS) is 30.7. The molecule has 0 aliphatic carbocycles. The minimum atomic E-state index is -0.142. The van der Waals surface area contributed by atoms with E-state index in [1.165, 1.54) is 0 Å². The molecule has 0 unspecified atom stereocenters. The van der Waals surface area contributed by atoms with Gasteiger partial charge in [-0.15, -0.1) is 0 Å². The maximum atomic E-state index is 12.5. The van der Waals surface area contributed by atoms with Crippen LogP contribution in [-0.2, 0) is 4.74 Å². The molecule has 2 aromatic heterocycles. The van der Waals surface area contributed by atoms with Gasteiger partial charge in [-0.3, -0.25) is 4.79 Å². The maximum Gasteiger partial charge on any atom is 0.287 e. The van der Waals surface area contributed by atoms with Gasteiger partial charge in [-0.1, -0.05) is 0 Å². The highest BCUT2D eigenvalue weighted by molar-refractivity contribution is 5.92. The third kappa shape index (κ3) is 2.56. The van der Waals surface area contributed by atoms with Crippen molar-refractivity contribution in [2.75, 3.05) is 24.5 Å². The highest BCUT2D eigenvalue weighted by Gasteiger charge is 2.63. The Balaban J connectivity index is 1.33. The Morgan fingerprint density at radius 3 is 3.00 bits per heavy atom. The fraction of sp³-hybridized carbons (Fsp3) is 0.571. The first kappa shape index (κ1) is 17.7. The second-order valence-electron chi connectivity index (χ2n) is 8.46. The zero-order chi connectivity index (χ0) is 19.5. The molecule has 1 spiro atoms. The van der Waals surface area contributed by atoms with Crippen molar-refractivity contribution in [3.63, 3.8) is 0 Å². The Kier molecular flexibility index (Phi) is 3.98. The number of ether oxygens (including phenoxy) is 1. The minimum Gasteiger partial charge on any atom is -0.459 e. The van der Waals surface area contributed by atoms with Crippen LogP contribution in [0.1, 0.15) is 40.2 Å². The molecule has 148 valence electrons. The van der Waals surface area contributed by atoms with Crippen LogP contribution < -0.4 is 10.2 Å². The van der Waals surface area contributed by atoms with Crippen LogP contribution in [-0.4, -0.2) is 47.2 Å². The Hall–Kier alpha value is -2.41. The van der Waals surface area contributed by atoms with E-state index in [0.717, 1.165) is 48.6 Å². The van der Waals surface area contributed by atoms with E-state index < -0.39 is 0 Å². The number of amides is 1.